The number of nitrogens with zero attached hydrogens (tertiary/aromatic N) is 4. The summed E-state index contributed by atoms with van der Waals surface area (Å²) in [5.41, 5.74) is 10.6. The first kappa shape index (κ1) is 36.0. The van der Waals surface area contributed by atoms with Crippen LogP contribution in [0, 0.1) is 6.33 Å². The van der Waals surface area contributed by atoms with Crippen LogP contribution in [0.5, 0.6) is 46.0 Å². The van der Waals surface area contributed by atoms with Crippen molar-refractivity contribution in [2.24, 2.45) is 0 Å². The van der Waals surface area contributed by atoms with Gasteiger partial charge in [0.1, 0.15) is 59.9 Å². The van der Waals surface area contributed by atoms with Gasteiger partial charge in [-0.1, -0.05) is 88.5 Å². The lowest BCUT2D eigenvalue weighted by Crippen LogP contribution is -2.59. The molecule has 0 atom stereocenters. The first-order valence-electron chi connectivity index (χ1n) is 21.9. The topological polar surface area (TPSA) is 63.6 Å². The minimum Gasteiger partial charge on any atom is -0.458 e. The van der Waals surface area contributed by atoms with Gasteiger partial charge in [-0.3, -0.25) is 13.7 Å². The Morgan fingerprint density at radius 1 is 0.656 bits per heavy atom. The molecule has 0 amide bonds. The second-order valence-electron chi connectivity index (χ2n) is 18.9. The molecular formula is C54H39BN4O4Si. The van der Waals surface area contributed by atoms with Gasteiger partial charge in [0.25, 0.3) is 13.0 Å². The zero-order valence-electron chi connectivity index (χ0n) is 35.9. The van der Waals surface area contributed by atoms with Gasteiger partial charge in [0, 0.05) is 40.1 Å². The SMILES string of the molecule is CC(C)(C)c1ccnc(-n2c3cc(Oc4ccc5c(c4)-n4[c-][n+](-c6ccccc6)c6cccc(c64)[Si]5(C)C)ccc3c3c4c5c(cc32)Oc2cccc3c2B5c2c(cccc2O4)O3)c1. The molecule has 4 aliphatic rings. The number of benzene rings is 7. The summed E-state index contributed by atoms with van der Waals surface area (Å²) in [6.45, 7) is 11.5. The second kappa shape index (κ2) is 12.3. The van der Waals surface area contributed by atoms with E-state index in [0.717, 1.165) is 101 Å². The first-order chi connectivity index (χ1) is 31.1. The van der Waals surface area contributed by atoms with Crippen LogP contribution in [-0.4, -0.2) is 28.9 Å². The molecule has 10 aromatic rings. The smallest absolute Gasteiger partial charge is 0.270 e. The van der Waals surface area contributed by atoms with Crippen LogP contribution in [0.4, 0.5) is 0 Å². The normalized spacial score (nSPS) is 14.5. The van der Waals surface area contributed by atoms with Crippen LogP contribution in [-0.2, 0) is 5.41 Å². The largest absolute Gasteiger partial charge is 0.458 e. The average molecular weight is 847 g/mol. The highest BCUT2D eigenvalue weighted by molar-refractivity contribution is 7.02. The van der Waals surface area contributed by atoms with Crippen molar-refractivity contribution >= 4 is 74.4 Å². The lowest BCUT2D eigenvalue weighted by atomic mass is 9.34. The van der Waals surface area contributed by atoms with Crippen molar-refractivity contribution < 1.29 is 23.5 Å². The minimum absolute atomic E-state index is 0.0958. The molecule has 7 heterocycles. The number of hydrogen-bond donors (Lipinski definition) is 0. The molecule has 306 valence electrons. The fourth-order valence-corrected chi connectivity index (χ4v) is 13.8. The van der Waals surface area contributed by atoms with Crippen LogP contribution in [0.25, 0.3) is 50.0 Å². The molecule has 0 fully saturated rings. The molecule has 0 radical (unpaired) electrons. The third-order valence-electron chi connectivity index (χ3n) is 13.9. The maximum absolute atomic E-state index is 7.04. The van der Waals surface area contributed by atoms with Crippen LogP contribution in [0.3, 0.4) is 0 Å². The number of fused-ring (bicyclic) bond motifs is 6. The lowest BCUT2D eigenvalue weighted by molar-refractivity contribution is -0.572. The number of rotatable bonds is 4. The number of imidazole rings is 1. The molecule has 0 aliphatic carbocycles. The standard InChI is InChI=1S/C54H39BN4O4Si/c1-54(2,3)31-24-25-56-47(26-31)59-37-27-33(60-34-21-23-45-38(28-34)58-30-57(32-12-7-6-8-13-32)36-14-9-19-46(52(36)58)64(45,4)5)20-22-35(37)48-39(59)29-44-51-53(48)63-43-18-11-16-41-50(43)55(51)49-40(61-41)15-10-17-42(49)62-44/h6-29H,1-5H3. The summed E-state index contributed by atoms with van der Waals surface area (Å²) >= 11 is 0. The Balaban J connectivity index is 0.968. The maximum atomic E-state index is 7.04. The number of aromatic nitrogens is 4. The summed E-state index contributed by atoms with van der Waals surface area (Å²) in [5, 5.41) is 4.77. The molecule has 0 unspecified atom stereocenters. The monoisotopic (exact) mass is 846 g/mol. The summed E-state index contributed by atoms with van der Waals surface area (Å²) in [4.78, 5) is 5.04. The van der Waals surface area contributed by atoms with E-state index in [2.05, 4.69) is 157 Å². The third kappa shape index (κ3) is 4.78. The van der Waals surface area contributed by atoms with E-state index in [-0.39, 0.29) is 12.1 Å². The Kier molecular flexibility index (Phi) is 6.93. The van der Waals surface area contributed by atoms with Crippen LogP contribution in [0.2, 0.25) is 13.1 Å². The maximum Gasteiger partial charge on any atom is 0.270 e. The van der Waals surface area contributed by atoms with Gasteiger partial charge < -0.3 is 18.9 Å². The number of para-hydroxylation sites is 2. The number of pyridine rings is 1. The summed E-state index contributed by atoms with van der Waals surface area (Å²) in [7, 11) is -2.10. The molecule has 4 aliphatic heterocycles. The van der Waals surface area contributed by atoms with Crippen LogP contribution in [0.15, 0.2) is 146 Å². The second-order valence-corrected chi connectivity index (χ2v) is 23.3. The first-order valence-corrected chi connectivity index (χ1v) is 24.9. The number of hydrogen-bond acceptors (Lipinski definition) is 5. The van der Waals surface area contributed by atoms with Gasteiger partial charge in [-0.05, 0) is 94.1 Å². The molecular weight excluding hydrogens is 808 g/mol. The van der Waals surface area contributed by atoms with Crippen molar-refractivity contribution in [3.05, 3.63) is 158 Å². The van der Waals surface area contributed by atoms with E-state index in [1.807, 2.05) is 42.6 Å². The highest BCUT2D eigenvalue weighted by Crippen LogP contribution is 2.48. The van der Waals surface area contributed by atoms with Gasteiger partial charge in [0.2, 0.25) is 0 Å². The quantitative estimate of drug-likeness (QED) is 0.101. The van der Waals surface area contributed by atoms with E-state index in [0.29, 0.717) is 5.75 Å². The van der Waals surface area contributed by atoms with Gasteiger partial charge in [0.15, 0.2) is 0 Å². The highest BCUT2D eigenvalue weighted by Gasteiger charge is 2.47. The third-order valence-corrected chi connectivity index (χ3v) is 17.4. The Hall–Kier alpha value is -7.56. The molecule has 8 nitrogen and oxygen atoms in total. The summed E-state index contributed by atoms with van der Waals surface area (Å²) in [5.74, 6) is 7.02. The fourth-order valence-electron chi connectivity index (χ4n) is 10.8. The predicted octanol–water partition coefficient (Wildman–Crippen LogP) is 9.26. The molecule has 0 saturated carbocycles. The molecule has 64 heavy (non-hydrogen) atoms. The van der Waals surface area contributed by atoms with Crippen LogP contribution in [0.1, 0.15) is 26.3 Å². The van der Waals surface area contributed by atoms with Crippen LogP contribution >= 0.6 is 0 Å². The van der Waals surface area contributed by atoms with Crippen molar-refractivity contribution in [2.45, 2.75) is 39.3 Å². The minimum atomic E-state index is -2.10. The van der Waals surface area contributed by atoms with E-state index in [1.54, 1.807) is 0 Å². The fraction of sp³-hybridized carbons (Fsp3) is 0.111. The Morgan fingerprint density at radius 2 is 1.36 bits per heavy atom. The van der Waals surface area contributed by atoms with E-state index in [1.165, 1.54) is 21.5 Å². The molecule has 0 saturated heterocycles. The summed E-state index contributed by atoms with van der Waals surface area (Å²) in [6.07, 6.45) is 5.64. The van der Waals surface area contributed by atoms with E-state index in [9.17, 15) is 0 Å². The van der Waals surface area contributed by atoms with E-state index >= 15 is 0 Å². The van der Waals surface area contributed by atoms with Crippen molar-refractivity contribution in [3.63, 3.8) is 0 Å². The molecule has 3 aromatic heterocycles. The highest BCUT2D eigenvalue weighted by atomic mass is 28.3. The van der Waals surface area contributed by atoms with E-state index < -0.39 is 8.07 Å². The molecule has 0 spiro atoms. The molecule has 10 heteroatoms. The van der Waals surface area contributed by atoms with Crippen molar-refractivity contribution in [1.29, 1.82) is 0 Å². The Bertz CT molecular complexity index is 3700. The van der Waals surface area contributed by atoms with Gasteiger partial charge in [-0.2, -0.15) is 0 Å². The molecule has 14 rings (SSSR count). The Morgan fingerprint density at radius 3 is 2.12 bits per heavy atom. The van der Waals surface area contributed by atoms with Gasteiger partial charge in [-0.15, -0.1) is 0 Å². The average Bonchev–Trinajstić information content (AvgIpc) is 3.85. The van der Waals surface area contributed by atoms with Gasteiger partial charge >= 0.3 is 0 Å². The van der Waals surface area contributed by atoms with Crippen molar-refractivity contribution in [3.8, 4) is 63.2 Å². The van der Waals surface area contributed by atoms with Crippen molar-refractivity contribution in [2.75, 3.05) is 0 Å². The predicted molar refractivity (Wildman–Crippen MR) is 256 cm³/mol. The summed E-state index contributed by atoms with van der Waals surface area (Å²) < 4.78 is 33.9. The molecule has 0 N–H and O–H groups in total. The van der Waals surface area contributed by atoms with Crippen LogP contribution < -0.4 is 50.3 Å². The number of ether oxygens (including phenoxy) is 4. The zero-order valence-corrected chi connectivity index (χ0v) is 36.9. The van der Waals surface area contributed by atoms with Gasteiger partial charge in [-0.25, -0.2) is 4.98 Å². The Labute approximate surface area is 370 Å². The molecule has 7 aromatic carbocycles. The van der Waals surface area contributed by atoms with Gasteiger partial charge in [0.05, 0.1) is 38.8 Å². The molecule has 0 bridgehead atoms. The lowest BCUT2D eigenvalue weighted by Gasteiger charge is -2.37. The zero-order chi connectivity index (χ0) is 42.8. The summed E-state index contributed by atoms with van der Waals surface area (Å²) in [6, 6.07) is 48.7. The van der Waals surface area contributed by atoms with Crippen molar-refractivity contribution in [1.82, 2.24) is 14.1 Å². The van der Waals surface area contributed by atoms with E-state index in [4.69, 9.17) is 23.9 Å².